The van der Waals surface area contributed by atoms with E-state index in [1.165, 1.54) is 54.2 Å². The average Bonchev–Trinajstić information content (AvgIpc) is 2.56. The zero-order chi connectivity index (χ0) is 17.9. The summed E-state index contributed by atoms with van der Waals surface area (Å²) in [4.78, 5) is 2.57. The molecule has 0 bridgehead atoms. The lowest BCUT2D eigenvalue weighted by atomic mass is 9.73. The van der Waals surface area contributed by atoms with E-state index < -0.39 is 0 Å². The minimum Gasteiger partial charge on any atom is -0.497 e. The molecule has 0 aliphatic carbocycles. The first-order chi connectivity index (χ1) is 12.5. The molecule has 0 radical (unpaired) electrons. The van der Waals surface area contributed by atoms with E-state index in [-0.39, 0.29) is 5.41 Å². The smallest absolute Gasteiger partial charge is 0.119 e. The van der Waals surface area contributed by atoms with Crippen molar-refractivity contribution in [3.8, 4) is 5.75 Å². The van der Waals surface area contributed by atoms with Crippen molar-refractivity contribution < 1.29 is 4.74 Å². The van der Waals surface area contributed by atoms with Crippen molar-refractivity contribution in [2.24, 2.45) is 5.41 Å². The maximum absolute atomic E-state index is 5.46. The Morgan fingerprint density at radius 2 is 1.69 bits per heavy atom. The average molecular weight is 349 g/mol. The molecule has 2 N–H and O–H groups in total. The number of hydrogen-bond acceptors (Lipinski definition) is 4. The van der Waals surface area contributed by atoms with E-state index in [1.54, 1.807) is 7.11 Å². The van der Waals surface area contributed by atoms with Gasteiger partial charge in [0.2, 0.25) is 0 Å². The zero-order valence-electron chi connectivity index (χ0n) is 15.9. The molecule has 0 aromatic heterocycles. The van der Waals surface area contributed by atoms with Gasteiger partial charge >= 0.3 is 0 Å². The van der Waals surface area contributed by atoms with Crippen LogP contribution >= 0.6 is 0 Å². The van der Waals surface area contributed by atoms with E-state index in [0.717, 1.165) is 12.3 Å². The molecule has 5 rings (SSSR count). The first-order valence-corrected chi connectivity index (χ1v) is 9.51. The number of anilines is 2. The van der Waals surface area contributed by atoms with Gasteiger partial charge in [-0.1, -0.05) is 26.0 Å². The van der Waals surface area contributed by atoms with Crippen molar-refractivity contribution in [3.63, 3.8) is 0 Å². The minimum atomic E-state index is -0.0471. The first-order valence-electron chi connectivity index (χ1n) is 9.51. The van der Waals surface area contributed by atoms with Gasteiger partial charge in [-0.3, -0.25) is 4.90 Å². The third kappa shape index (κ3) is 2.36. The molecule has 26 heavy (non-hydrogen) atoms. The Kier molecular flexibility index (Phi) is 3.40. The standard InChI is InChI=1S/C22H27N3O/c1-21(2)17-8-15(10-25-13-22(14-25)11-23-12-22)4-6-19(17)24-20-7-5-16(26-3)9-18(20)21/h4-9,23-24H,10-14H2,1-3H3. The maximum Gasteiger partial charge on any atom is 0.119 e. The van der Waals surface area contributed by atoms with Crippen molar-refractivity contribution in [2.75, 3.05) is 38.6 Å². The molecule has 4 nitrogen and oxygen atoms in total. The number of fused-ring (bicyclic) bond motifs is 2. The molecule has 1 spiro atoms. The van der Waals surface area contributed by atoms with Gasteiger partial charge in [-0.15, -0.1) is 0 Å². The van der Waals surface area contributed by atoms with Gasteiger partial charge in [-0.05, 0) is 41.0 Å². The van der Waals surface area contributed by atoms with E-state index in [4.69, 9.17) is 4.74 Å². The van der Waals surface area contributed by atoms with Gasteiger partial charge in [-0.25, -0.2) is 0 Å². The molecule has 2 aromatic rings. The number of ether oxygens (including phenoxy) is 1. The van der Waals surface area contributed by atoms with Crippen molar-refractivity contribution in [2.45, 2.75) is 25.8 Å². The second kappa shape index (κ2) is 5.48. The Morgan fingerprint density at radius 3 is 2.35 bits per heavy atom. The Balaban J connectivity index is 1.43. The third-order valence-electron chi connectivity index (χ3n) is 6.45. The van der Waals surface area contributed by atoms with Crippen LogP contribution in [0.3, 0.4) is 0 Å². The monoisotopic (exact) mass is 349 g/mol. The van der Waals surface area contributed by atoms with Crippen molar-refractivity contribution >= 4 is 11.4 Å². The molecule has 3 heterocycles. The molecule has 2 saturated heterocycles. The summed E-state index contributed by atoms with van der Waals surface area (Å²) in [5, 5.41) is 7.02. The van der Waals surface area contributed by atoms with Crippen LogP contribution in [0.4, 0.5) is 11.4 Å². The quantitative estimate of drug-likeness (QED) is 0.889. The summed E-state index contributed by atoms with van der Waals surface area (Å²) in [7, 11) is 1.73. The second-order valence-corrected chi connectivity index (χ2v) is 8.79. The topological polar surface area (TPSA) is 36.5 Å². The molecule has 3 aliphatic rings. The largest absolute Gasteiger partial charge is 0.497 e. The summed E-state index contributed by atoms with van der Waals surface area (Å²) >= 11 is 0. The molecule has 0 saturated carbocycles. The fourth-order valence-corrected chi connectivity index (χ4v) is 4.86. The van der Waals surface area contributed by atoms with E-state index in [0.29, 0.717) is 5.41 Å². The lowest BCUT2D eigenvalue weighted by Gasteiger charge is -2.56. The number of nitrogens with zero attached hydrogens (tertiary/aromatic N) is 1. The summed E-state index contributed by atoms with van der Waals surface area (Å²) in [5.41, 5.74) is 7.02. The second-order valence-electron chi connectivity index (χ2n) is 8.79. The summed E-state index contributed by atoms with van der Waals surface area (Å²) in [6.45, 7) is 10.5. The van der Waals surface area contributed by atoms with Gasteiger partial charge in [0.25, 0.3) is 0 Å². The van der Waals surface area contributed by atoms with Crippen molar-refractivity contribution in [1.29, 1.82) is 0 Å². The van der Waals surface area contributed by atoms with E-state index >= 15 is 0 Å². The van der Waals surface area contributed by atoms with Gasteiger partial charge in [0, 0.05) is 54.9 Å². The Bertz CT molecular complexity index is 862. The number of nitrogens with one attached hydrogen (secondary N) is 2. The zero-order valence-corrected chi connectivity index (χ0v) is 15.9. The van der Waals surface area contributed by atoms with Crippen LogP contribution in [0.1, 0.15) is 30.5 Å². The highest BCUT2D eigenvalue weighted by Crippen LogP contribution is 2.47. The van der Waals surface area contributed by atoms with Crippen LogP contribution in [0.5, 0.6) is 5.75 Å². The van der Waals surface area contributed by atoms with E-state index in [9.17, 15) is 0 Å². The molecule has 0 amide bonds. The minimum absolute atomic E-state index is 0.0471. The molecule has 2 fully saturated rings. The SMILES string of the molecule is COc1ccc2c(c1)C(C)(C)c1cc(CN3CC4(CNC4)C3)ccc1N2. The number of hydrogen-bond donors (Lipinski definition) is 2. The lowest BCUT2D eigenvalue weighted by Crippen LogP contribution is -2.70. The third-order valence-corrected chi connectivity index (χ3v) is 6.45. The van der Waals surface area contributed by atoms with Gasteiger partial charge in [0.1, 0.15) is 5.75 Å². The summed E-state index contributed by atoms with van der Waals surface area (Å²) < 4.78 is 5.46. The Morgan fingerprint density at radius 1 is 1.00 bits per heavy atom. The van der Waals surface area contributed by atoms with Crippen LogP contribution < -0.4 is 15.4 Å². The van der Waals surface area contributed by atoms with E-state index in [1.807, 2.05) is 6.07 Å². The maximum atomic E-state index is 5.46. The molecule has 0 atom stereocenters. The molecule has 4 heteroatoms. The lowest BCUT2D eigenvalue weighted by molar-refractivity contribution is -0.0444. The van der Waals surface area contributed by atoms with Gasteiger partial charge in [-0.2, -0.15) is 0 Å². The van der Waals surface area contributed by atoms with Gasteiger partial charge in [0.05, 0.1) is 7.11 Å². The number of rotatable bonds is 3. The molecule has 0 unspecified atom stereocenters. The fourth-order valence-electron chi connectivity index (χ4n) is 4.86. The predicted molar refractivity (Wildman–Crippen MR) is 105 cm³/mol. The van der Waals surface area contributed by atoms with Crippen LogP contribution in [-0.2, 0) is 12.0 Å². The summed E-state index contributed by atoms with van der Waals surface area (Å²) in [6.07, 6.45) is 0. The first kappa shape index (κ1) is 16.2. The highest BCUT2D eigenvalue weighted by atomic mass is 16.5. The number of benzene rings is 2. The molecule has 3 aliphatic heterocycles. The number of methoxy groups -OCH3 is 1. The predicted octanol–water partition coefficient (Wildman–Crippen LogP) is 3.48. The summed E-state index contributed by atoms with van der Waals surface area (Å²) in [6, 6.07) is 13.2. The Labute approximate surface area is 155 Å². The molecular formula is C22H27N3O. The van der Waals surface area contributed by atoms with Crippen molar-refractivity contribution in [1.82, 2.24) is 10.2 Å². The number of likely N-dealkylation sites (tertiary alicyclic amines) is 1. The van der Waals surface area contributed by atoms with Crippen LogP contribution in [0.2, 0.25) is 0 Å². The van der Waals surface area contributed by atoms with Crippen molar-refractivity contribution in [3.05, 3.63) is 53.1 Å². The van der Waals surface area contributed by atoms with Gasteiger partial charge in [0.15, 0.2) is 0 Å². The van der Waals surface area contributed by atoms with Crippen LogP contribution in [0, 0.1) is 5.41 Å². The van der Waals surface area contributed by atoms with Crippen LogP contribution in [0.25, 0.3) is 0 Å². The fraction of sp³-hybridized carbons (Fsp3) is 0.455. The highest BCUT2D eigenvalue weighted by molar-refractivity contribution is 5.76. The van der Waals surface area contributed by atoms with Gasteiger partial charge < -0.3 is 15.4 Å². The van der Waals surface area contributed by atoms with E-state index in [2.05, 4.69) is 59.7 Å². The normalized spacial score (nSPS) is 21.8. The molecular weight excluding hydrogens is 322 g/mol. The molecule has 2 aromatic carbocycles. The van der Waals surface area contributed by atoms with Crippen LogP contribution in [0.15, 0.2) is 36.4 Å². The summed E-state index contributed by atoms with van der Waals surface area (Å²) in [5.74, 6) is 0.915. The highest BCUT2D eigenvalue weighted by Gasteiger charge is 2.47. The van der Waals surface area contributed by atoms with Crippen LogP contribution in [-0.4, -0.2) is 38.2 Å². The molecule has 136 valence electrons. The Hall–Kier alpha value is -2.04.